The molecule has 0 spiro atoms. The molecule has 0 aliphatic carbocycles. The fraction of sp³-hybridized carbons (Fsp3) is 0.152. The van der Waals surface area contributed by atoms with Crippen LogP contribution in [0.15, 0.2) is 107 Å². The molecule has 4 nitrogen and oxygen atoms in total. The van der Waals surface area contributed by atoms with E-state index in [2.05, 4.69) is 102 Å². The van der Waals surface area contributed by atoms with Gasteiger partial charge in [0.2, 0.25) is 0 Å². The van der Waals surface area contributed by atoms with E-state index in [1.165, 1.54) is 22.0 Å². The lowest BCUT2D eigenvalue weighted by Gasteiger charge is -2.11. The molecule has 5 rings (SSSR count). The fourth-order valence-electron chi connectivity index (χ4n) is 4.92. The van der Waals surface area contributed by atoms with Crippen LogP contribution in [0.5, 0.6) is 0 Å². The SMILES string of the molecule is CC(=NC(C)c1ccc(Br)cc1)c1ccc2c(c1)c(C)cn2Cc1ccc(-c2ccccc2C(=O)O)cc1. The van der Waals surface area contributed by atoms with Crippen LogP contribution >= 0.6 is 15.9 Å². The lowest BCUT2D eigenvalue weighted by atomic mass is 9.99. The highest BCUT2D eigenvalue weighted by molar-refractivity contribution is 9.10. The van der Waals surface area contributed by atoms with Crippen LogP contribution in [0.25, 0.3) is 22.0 Å². The smallest absolute Gasteiger partial charge is 0.336 e. The van der Waals surface area contributed by atoms with E-state index in [0.717, 1.165) is 39.0 Å². The highest BCUT2D eigenvalue weighted by Crippen LogP contribution is 2.27. The average Bonchev–Trinajstić information content (AvgIpc) is 3.23. The summed E-state index contributed by atoms with van der Waals surface area (Å²) in [5.74, 6) is -0.915. The number of nitrogens with zero attached hydrogens (tertiary/aromatic N) is 2. The van der Waals surface area contributed by atoms with Crippen molar-refractivity contribution in [3.05, 3.63) is 129 Å². The zero-order chi connectivity index (χ0) is 26.8. The first kappa shape index (κ1) is 25.7. The van der Waals surface area contributed by atoms with Crippen LogP contribution in [-0.4, -0.2) is 21.4 Å². The molecule has 190 valence electrons. The van der Waals surface area contributed by atoms with Crippen molar-refractivity contribution in [1.82, 2.24) is 4.57 Å². The highest BCUT2D eigenvalue weighted by Gasteiger charge is 2.12. The fourth-order valence-corrected chi connectivity index (χ4v) is 5.18. The first-order valence-electron chi connectivity index (χ1n) is 12.6. The van der Waals surface area contributed by atoms with Crippen molar-refractivity contribution in [2.75, 3.05) is 0 Å². The van der Waals surface area contributed by atoms with Crippen molar-refractivity contribution in [2.45, 2.75) is 33.4 Å². The number of hydrogen-bond acceptors (Lipinski definition) is 2. The number of aliphatic imine (C=N–C) groups is 1. The topological polar surface area (TPSA) is 54.6 Å². The molecule has 5 aromatic rings. The maximum absolute atomic E-state index is 11.6. The molecule has 38 heavy (non-hydrogen) atoms. The number of rotatable bonds is 7. The summed E-state index contributed by atoms with van der Waals surface area (Å²) in [5, 5.41) is 10.7. The van der Waals surface area contributed by atoms with Crippen LogP contribution in [-0.2, 0) is 6.54 Å². The molecule has 1 unspecified atom stereocenters. The molecule has 0 saturated heterocycles. The lowest BCUT2D eigenvalue weighted by Crippen LogP contribution is -2.01. The molecule has 1 heterocycles. The van der Waals surface area contributed by atoms with Gasteiger partial charge in [-0.1, -0.05) is 76.6 Å². The van der Waals surface area contributed by atoms with Crippen molar-refractivity contribution >= 4 is 38.5 Å². The monoisotopic (exact) mass is 564 g/mol. The van der Waals surface area contributed by atoms with E-state index in [1.54, 1.807) is 12.1 Å². The van der Waals surface area contributed by atoms with E-state index in [1.807, 2.05) is 24.3 Å². The second-order valence-electron chi connectivity index (χ2n) is 9.66. The molecule has 0 saturated carbocycles. The van der Waals surface area contributed by atoms with Crippen LogP contribution in [0.1, 0.15) is 52.5 Å². The molecule has 1 N–H and O–H groups in total. The van der Waals surface area contributed by atoms with Crippen LogP contribution < -0.4 is 0 Å². The maximum atomic E-state index is 11.6. The minimum atomic E-state index is -0.915. The molecule has 0 aliphatic rings. The Morgan fingerprint density at radius 2 is 1.68 bits per heavy atom. The second-order valence-corrected chi connectivity index (χ2v) is 10.6. The Bertz CT molecular complexity index is 1650. The minimum absolute atomic E-state index is 0.0786. The van der Waals surface area contributed by atoms with Gasteiger partial charge in [0.25, 0.3) is 0 Å². The van der Waals surface area contributed by atoms with Gasteiger partial charge in [-0.05, 0) is 84.5 Å². The number of carbonyl (C=O) groups is 1. The van der Waals surface area contributed by atoms with Gasteiger partial charge in [-0.3, -0.25) is 4.99 Å². The summed E-state index contributed by atoms with van der Waals surface area (Å²) in [5.41, 5.74) is 8.84. The van der Waals surface area contributed by atoms with E-state index < -0.39 is 5.97 Å². The summed E-state index contributed by atoms with van der Waals surface area (Å²) < 4.78 is 3.34. The first-order valence-corrected chi connectivity index (χ1v) is 13.4. The number of halogens is 1. The highest BCUT2D eigenvalue weighted by atomic mass is 79.9. The van der Waals surface area contributed by atoms with Gasteiger partial charge in [0.15, 0.2) is 0 Å². The maximum Gasteiger partial charge on any atom is 0.336 e. The lowest BCUT2D eigenvalue weighted by molar-refractivity contribution is 0.0697. The number of aromatic carboxylic acids is 1. The van der Waals surface area contributed by atoms with Crippen molar-refractivity contribution in [2.24, 2.45) is 4.99 Å². The third-order valence-corrected chi connectivity index (χ3v) is 7.54. The minimum Gasteiger partial charge on any atom is -0.478 e. The van der Waals surface area contributed by atoms with E-state index in [0.29, 0.717) is 5.56 Å². The Hall–Kier alpha value is -3.96. The van der Waals surface area contributed by atoms with Gasteiger partial charge in [-0.25, -0.2) is 4.79 Å². The van der Waals surface area contributed by atoms with Gasteiger partial charge in [0.1, 0.15) is 0 Å². The van der Waals surface area contributed by atoms with Crippen LogP contribution in [0.4, 0.5) is 0 Å². The van der Waals surface area contributed by atoms with Crippen molar-refractivity contribution < 1.29 is 9.90 Å². The molecule has 0 bridgehead atoms. The number of carboxylic acids is 1. The van der Waals surface area contributed by atoms with Crippen molar-refractivity contribution in [3.8, 4) is 11.1 Å². The Kier molecular flexibility index (Phi) is 7.30. The molecule has 5 heteroatoms. The Morgan fingerprint density at radius 1 is 0.974 bits per heavy atom. The number of benzene rings is 4. The molecule has 0 aliphatic heterocycles. The second kappa shape index (κ2) is 10.8. The molecule has 1 aromatic heterocycles. The van der Waals surface area contributed by atoms with Gasteiger partial charge < -0.3 is 9.67 Å². The quantitative estimate of drug-likeness (QED) is 0.201. The largest absolute Gasteiger partial charge is 0.478 e. The zero-order valence-corrected chi connectivity index (χ0v) is 23.2. The normalized spacial score (nSPS) is 12.6. The number of fused-ring (bicyclic) bond motifs is 1. The summed E-state index contributed by atoms with van der Waals surface area (Å²) in [4.78, 5) is 16.6. The van der Waals surface area contributed by atoms with Gasteiger partial charge >= 0.3 is 5.97 Å². The summed E-state index contributed by atoms with van der Waals surface area (Å²) in [7, 11) is 0. The predicted molar refractivity (Wildman–Crippen MR) is 159 cm³/mol. The Balaban J connectivity index is 1.38. The number of aryl methyl sites for hydroxylation is 1. The van der Waals surface area contributed by atoms with Crippen LogP contribution in [0.2, 0.25) is 0 Å². The molecule has 1 atom stereocenters. The average molecular weight is 566 g/mol. The third kappa shape index (κ3) is 5.34. The molecular weight excluding hydrogens is 536 g/mol. The van der Waals surface area contributed by atoms with Crippen LogP contribution in [0, 0.1) is 6.92 Å². The predicted octanol–water partition coefficient (Wildman–Crippen LogP) is 8.70. The standard InChI is InChI=1S/C33H29BrN2O2/c1-21-19-36(20-24-8-10-26(11-9-24)29-6-4-5-7-30(29)33(37)38)32-17-14-27(18-31(21)32)23(3)35-22(2)25-12-15-28(34)16-13-25/h4-19,22H,20H2,1-3H3,(H,37,38). The Morgan fingerprint density at radius 3 is 2.39 bits per heavy atom. The molecular formula is C33H29BrN2O2. The molecule has 0 amide bonds. The van der Waals surface area contributed by atoms with Gasteiger partial charge in [0.05, 0.1) is 11.6 Å². The summed E-state index contributed by atoms with van der Waals surface area (Å²) in [6.07, 6.45) is 2.19. The summed E-state index contributed by atoms with van der Waals surface area (Å²) in [6.45, 7) is 7.08. The van der Waals surface area contributed by atoms with Crippen molar-refractivity contribution in [1.29, 1.82) is 0 Å². The summed E-state index contributed by atoms with van der Waals surface area (Å²) in [6, 6.07) is 30.2. The zero-order valence-electron chi connectivity index (χ0n) is 21.6. The molecule has 0 fully saturated rings. The van der Waals surface area contributed by atoms with Crippen LogP contribution in [0.3, 0.4) is 0 Å². The van der Waals surface area contributed by atoms with Gasteiger partial charge in [-0.2, -0.15) is 0 Å². The Labute approximate surface area is 231 Å². The van der Waals surface area contributed by atoms with E-state index in [4.69, 9.17) is 4.99 Å². The van der Waals surface area contributed by atoms with E-state index in [9.17, 15) is 9.90 Å². The third-order valence-electron chi connectivity index (χ3n) is 7.01. The number of carboxylic acid groups (broad SMARTS) is 1. The number of hydrogen-bond donors (Lipinski definition) is 1. The van der Waals surface area contributed by atoms with E-state index >= 15 is 0 Å². The van der Waals surface area contributed by atoms with Gasteiger partial charge in [0, 0.05) is 33.8 Å². The van der Waals surface area contributed by atoms with E-state index in [-0.39, 0.29) is 6.04 Å². The van der Waals surface area contributed by atoms with Crippen molar-refractivity contribution in [3.63, 3.8) is 0 Å². The van der Waals surface area contributed by atoms with Gasteiger partial charge in [-0.15, -0.1) is 0 Å². The number of aromatic nitrogens is 1. The summed E-state index contributed by atoms with van der Waals surface area (Å²) >= 11 is 3.50. The molecule has 4 aromatic carbocycles. The first-order chi connectivity index (χ1) is 18.3. The molecule has 0 radical (unpaired) electrons.